The number of halogens is 1. The van der Waals surface area contributed by atoms with Crippen molar-refractivity contribution in [2.75, 3.05) is 14.2 Å². The Labute approximate surface area is 144 Å². The first-order valence-corrected chi connectivity index (χ1v) is 7.49. The number of ether oxygens (including phenoxy) is 3. The molecular weight excluding hydrogens is 330 g/mol. The number of benzene rings is 2. The number of carbonyl (C=O) groups excluding carboxylic acids is 1. The molecule has 5 nitrogen and oxygen atoms in total. The normalized spacial score (nSPS) is 15.2. The maximum Gasteiger partial charge on any atom is 0.363 e. The minimum absolute atomic E-state index is 0.188. The molecule has 2 aromatic rings. The van der Waals surface area contributed by atoms with Crippen LogP contribution in [0.25, 0.3) is 6.08 Å². The van der Waals surface area contributed by atoms with Gasteiger partial charge in [-0.1, -0.05) is 29.8 Å². The van der Waals surface area contributed by atoms with E-state index in [0.29, 0.717) is 27.6 Å². The summed E-state index contributed by atoms with van der Waals surface area (Å²) in [6.07, 6.45) is 1.60. The molecule has 2 aromatic carbocycles. The highest BCUT2D eigenvalue weighted by atomic mass is 35.5. The van der Waals surface area contributed by atoms with Gasteiger partial charge in [0.05, 0.1) is 14.2 Å². The molecule has 0 fully saturated rings. The maximum atomic E-state index is 12.0. The number of aliphatic imine (C=N–C) groups is 1. The highest BCUT2D eigenvalue weighted by Crippen LogP contribution is 2.30. The molecule has 1 aliphatic heterocycles. The summed E-state index contributed by atoms with van der Waals surface area (Å²) in [6.45, 7) is 0. The lowest BCUT2D eigenvalue weighted by Crippen LogP contribution is -2.06. The molecule has 0 bridgehead atoms. The van der Waals surface area contributed by atoms with Gasteiger partial charge in [0.25, 0.3) is 0 Å². The Balaban J connectivity index is 1.96. The molecule has 0 atom stereocenters. The molecule has 1 heterocycles. The topological polar surface area (TPSA) is 57.1 Å². The van der Waals surface area contributed by atoms with Crippen LogP contribution < -0.4 is 9.47 Å². The van der Waals surface area contributed by atoms with Gasteiger partial charge in [0.2, 0.25) is 5.90 Å². The zero-order valence-corrected chi connectivity index (χ0v) is 13.8. The van der Waals surface area contributed by atoms with Crippen molar-refractivity contribution in [2.24, 2.45) is 4.99 Å². The van der Waals surface area contributed by atoms with E-state index in [2.05, 4.69) is 4.99 Å². The van der Waals surface area contributed by atoms with Gasteiger partial charge in [-0.25, -0.2) is 9.79 Å². The van der Waals surface area contributed by atoms with Gasteiger partial charge in [0, 0.05) is 10.6 Å². The van der Waals surface area contributed by atoms with E-state index in [1.165, 1.54) is 7.11 Å². The van der Waals surface area contributed by atoms with Crippen LogP contribution >= 0.6 is 11.6 Å². The zero-order valence-electron chi connectivity index (χ0n) is 13.1. The Morgan fingerprint density at radius 2 is 1.83 bits per heavy atom. The third kappa shape index (κ3) is 3.12. The molecule has 0 N–H and O–H groups in total. The highest BCUT2D eigenvalue weighted by Gasteiger charge is 2.25. The summed E-state index contributed by atoms with van der Waals surface area (Å²) in [4.78, 5) is 16.3. The van der Waals surface area contributed by atoms with Crippen molar-refractivity contribution >= 4 is 29.5 Å². The van der Waals surface area contributed by atoms with E-state index in [0.717, 1.165) is 0 Å². The standard InChI is InChI=1S/C18H14ClNO4/c1-22-15-8-7-12(10-16(15)23-2)17-20-14(18(21)24-17)9-11-5-3-4-6-13(11)19/h3-10H,1-2H3/b14-9+. The van der Waals surface area contributed by atoms with E-state index >= 15 is 0 Å². The number of cyclic esters (lactones) is 1. The first-order chi connectivity index (χ1) is 11.6. The largest absolute Gasteiger partial charge is 0.493 e. The first-order valence-electron chi connectivity index (χ1n) is 7.12. The van der Waals surface area contributed by atoms with E-state index in [-0.39, 0.29) is 11.6 Å². The maximum absolute atomic E-state index is 12.0. The van der Waals surface area contributed by atoms with Gasteiger partial charge in [-0.3, -0.25) is 0 Å². The molecule has 0 saturated carbocycles. The Bertz CT molecular complexity index is 858. The number of hydrogen-bond acceptors (Lipinski definition) is 5. The van der Waals surface area contributed by atoms with E-state index in [4.69, 9.17) is 25.8 Å². The minimum Gasteiger partial charge on any atom is -0.493 e. The number of rotatable bonds is 4. The van der Waals surface area contributed by atoms with Crippen LogP contribution in [0.3, 0.4) is 0 Å². The SMILES string of the molecule is COc1ccc(C2=N/C(=C/c3ccccc3Cl)C(=O)O2)cc1OC. The monoisotopic (exact) mass is 343 g/mol. The van der Waals surface area contributed by atoms with E-state index in [1.54, 1.807) is 43.5 Å². The second kappa shape index (κ2) is 6.76. The van der Waals surface area contributed by atoms with Gasteiger partial charge in [0.15, 0.2) is 17.2 Å². The van der Waals surface area contributed by atoms with Gasteiger partial charge in [-0.15, -0.1) is 0 Å². The fourth-order valence-electron chi connectivity index (χ4n) is 2.24. The van der Waals surface area contributed by atoms with Crippen LogP contribution in [0, 0.1) is 0 Å². The number of nitrogens with zero attached hydrogens (tertiary/aromatic N) is 1. The van der Waals surface area contributed by atoms with Gasteiger partial charge >= 0.3 is 5.97 Å². The van der Waals surface area contributed by atoms with Crippen molar-refractivity contribution in [3.8, 4) is 11.5 Å². The Kier molecular flexibility index (Phi) is 4.53. The molecule has 0 spiro atoms. The molecule has 0 unspecified atom stereocenters. The molecule has 24 heavy (non-hydrogen) atoms. The van der Waals surface area contributed by atoms with Gasteiger partial charge < -0.3 is 14.2 Å². The van der Waals surface area contributed by atoms with E-state index in [1.807, 2.05) is 12.1 Å². The summed E-state index contributed by atoms with van der Waals surface area (Å²) in [5, 5.41) is 0.535. The molecule has 0 aromatic heterocycles. The second-order valence-corrected chi connectivity index (χ2v) is 5.33. The fourth-order valence-corrected chi connectivity index (χ4v) is 2.43. The van der Waals surface area contributed by atoms with Crippen LogP contribution in [-0.4, -0.2) is 26.1 Å². The van der Waals surface area contributed by atoms with Crippen LogP contribution in [-0.2, 0) is 9.53 Å². The van der Waals surface area contributed by atoms with Gasteiger partial charge in [-0.2, -0.15) is 0 Å². The Morgan fingerprint density at radius 3 is 2.54 bits per heavy atom. The quantitative estimate of drug-likeness (QED) is 0.627. The molecule has 0 aliphatic carbocycles. The molecular formula is C18H14ClNO4. The van der Waals surface area contributed by atoms with Crippen LogP contribution in [0.4, 0.5) is 0 Å². The van der Waals surface area contributed by atoms with Gasteiger partial charge in [-0.05, 0) is 35.9 Å². The summed E-state index contributed by atoms with van der Waals surface area (Å²) in [6, 6.07) is 12.3. The minimum atomic E-state index is -0.528. The summed E-state index contributed by atoms with van der Waals surface area (Å²) in [7, 11) is 3.09. The molecule has 1 aliphatic rings. The third-order valence-electron chi connectivity index (χ3n) is 3.45. The summed E-state index contributed by atoms with van der Waals surface area (Å²) < 4.78 is 15.7. The highest BCUT2D eigenvalue weighted by molar-refractivity contribution is 6.32. The van der Waals surface area contributed by atoms with Crippen LogP contribution in [0.5, 0.6) is 11.5 Å². The predicted octanol–water partition coefficient (Wildman–Crippen LogP) is 3.70. The van der Waals surface area contributed by atoms with Crippen molar-refractivity contribution in [1.29, 1.82) is 0 Å². The first kappa shape index (κ1) is 16.1. The van der Waals surface area contributed by atoms with Crippen molar-refractivity contribution in [3.05, 3.63) is 64.3 Å². The molecule has 122 valence electrons. The number of esters is 1. The van der Waals surface area contributed by atoms with Crippen molar-refractivity contribution < 1.29 is 19.0 Å². The molecule has 0 radical (unpaired) electrons. The summed E-state index contributed by atoms with van der Waals surface area (Å²) in [5.74, 6) is 0.786. The van der Waals surface area contributed by atoms with Crippen LogP contribution in [0.15, 0.2) is 53.2 Å². The van der Waals surface area contributed by atoms with Crippen molar-refractivity contribution in [3.63, 3.8) is 0 Å². The molecule has 3 rings (SSSR count). The lowest BCUT2D eigenvalue weighted by Gasteiger charge is -2.08. The third-order valence-corrected chi connectivity index (χ3v) is 3.79. The van der Waals surface area contributed by atoms with E-state index < -0.39 is 5.97 Å². The number of carbonyl (C=O) groups is 1. The molecule has 6 heteroatoms. The number of hydrogen-bond donors (Lipinski definition) is 0. The van der Waals surface area contributed by atoms with Crippen molar-refractivity contribution in [1.82, 2.24) is 0 Å². The lowest BCUT2D eigenvalue weighted by molar-refractivity contribution is -0.129. The average Bonchev–Trinajstić information content (AvgIpc) is 2.97. The lowest BCUT2D eigenvalue weighted by atomic mass is 10.2. The average molecular weight is 344 g/mol. The Hall–Kier alpha value is -2.79. The molecule has 0 amide bonds. The van der Waals surface area contributed by atoms with Crippen LogP contribution in [0.1, 0.15) is 11.1 Å². The summed E-state index contributed by atoms with van der Waals surface area (Å²) in [5.41, 5.74) is 1.50. The fraction of sp³-hybridized carbons (Fsp3) is 0.111. The number of methoxy groups -OCH3 is 2. The van der Waals surface area contributed by atoms with Crippen molar-refractivity contribution in [2.45, 2.75) is 0 Å². The zero-order chi connectivity index (χ0) is 17.1. The molecule has 0 saturated heterocycles. The van der Waals surface area contributed by atoms with Gasteiger partial charge in [0.1, 0.15) is 0 Å². The second-order valence-electron chi connectivity index (χ2n) is 4.93. The summed E-state index contributed by atoms with van der Waals surface area (Å²) >= 11 is 6.10. The smallest absolute Gasteiger partial charge is 0.363 e. The van der Waals surface area contributed by atoms with Crippen LogP contribution in [0.2, 0.25) is 5.02 Å². The Morgan fingerprint density at radius 1 is 1.08 bits per heavy atom. The predicted molar refractivity (Wildman–Crippen MR) is 91.6 cm³/mol. The van der Waals surface area contributed by atoms with E-state index in [9.17, 15) is 4.79 Å².